The lowest BCUT2D eigenvalue weighted by Crippen LogP contribution is -2.39. The van der Waals surface area contributed by atoms with Crippen LogP contribution in [0.4, 0.5) is 0 Å². The quantitative estimate of drug-likeness (QED) is 0.636. The number of hydrogen-bond donors (Lipinski definition) is 0. The SMILES string of the molecule is CON1C=CC=C2CCCCC(=O)C21. The van der Waals surface area contributed by atoms with Crippen LogP contribution in [0.3, 0.4) is 0 Å². The fraction of sp³-hybridized carbons (Fsp3) is 0.545. The van der Waals surface area contributed by atoms with E-state index < -0.39 is 0 Å². The number of hydrogen-bond acceptors (Lipinski definition) is 3. The van der Waals surface area contributed by atoms with Crippen LogP contribution in [0.1, 0.15) is 25.7 Å². The van der Waals surface area contributed by atoms with E-state index in [2.05, 4.69) is 0 Å². The van der Waals surface area contributed by atoms with Crippen LogP contribution in [-0.4, -0.2) is 24.0 Å². The minimum Gasteiger partial charge on any atom is -0.297 e. The Morgan fingerprint density at radius 2 is 2.21 bits per heavy atom. The van der Waals surface area contributed by atoms with Gasteiger partial charge in [0.05, 0.1) is 7.11 Å². The molecule has 3 heteroatoms. The van der Waals surface area contributed by atoms with Crippen LogP contribution >= 0.6 is 0 Å². The molecule has 1 unspecified atom stereocenters. The average molecular weight is 193 g/mol. The van der Waals surface area contributed by atoms with Crippen molar-refractivity contribution in [3.8, 4) is 0 Å². The molecule has 0 bridgehead atoms. The Morgan fingerprint density at radius 3 is 3.00 bits per heavy atom. The summed E-state index contributed by atoms with van der Waals surface area (Å²) in [5.41, 5.74) is 1.19. The molecule has 0 aromatic rings. The molecule has 0 N–H and O–H groups in total. The third kappa shape index (κ3) is 1.60. The highest BCUT2D eigenvalue weighted by Gasteiger charge is 2.30. The summed E-state index contributed by atoms with van der Waals surface area (Å²) >= 11 is 0. The maximum absolute atomic E-state index is 11.8. The third-order valence-electron chi connectivity index (χ3n) is 2.80. The monoisotopic (exact) mass is 193 g/mol. The molecular formula is C11H15NO2. The standard InChI is InChI=1S/C11H15NO2/c1-14-12-8-4-6-9-5-2-3-7-10(13)11(9)12/h4,6,8,11H,2-3,5,7H2,1H3. The predicted molar refractivity (Wildman–Crippen MR) is 53.3 cm³/mol. The Labute approximate surface area is 84.0 Å². The molecule has 1 aliphatic carbocycles. The second-order valence-corrected chi connectivity index (χ2v) is 3.70. The molecule has 76 valence electrons. The third-order valence-corrected chi connectivity index (χ3v) is 2.80. The van der Waals surface area contributed by atoms with Crippen molar-refractivity contribution >= 4 is 5.78 Å². The summed E-state index contributed by atoms with van der Waals surface area (Å²) in [6.07, 6.45) is 9.61. The van der Waals surface area contributed by atoms with Crippen LogP contribution in [0, 0.1) is 0 Å². The van der Waals surface area contributed by atoms with Gasteiger partial charge in [0, 0.05) is 12.6 Å². The summed E-state index contributed by atoms with van der Waals surface area (Å²) in [5, 5.41) is 1.66. The molecule has 1 aliphatic heterocycles. The Balaban J connectivity index is 2.27. The number of allylic oxidation sites excluding steroid dienone is 2. The van der Waals surface area contributed by atoms with E-state index in [0.717, 1.165) is 19.3 Å². The van der Waals surface area contributed by atoms with Gasteiger partial charge in [-0.15, -0.1) is 0 Å². The number of Topliss-reactive ketones (excluding diaryl/α,β-unsaturated/α-hetero) is 1. The van der Waals surface area contributed by atoms with Gasteiger partial charge in [-0.1, -0.05) is 6.08 Å². The minimum atomic E-state index is -0.160. The highest BCUT2D eigenvalue weighted by Crippen LogP contribution is 2.27. The van der Waals surface area contributed by atoms with Gasteiger partial charge in [-0.3, -0.25) is 9.63 Å². The molecule has 14 heavy (non-hydrogen) atoms. The molecule has 1 saturated carbocycles. The molecule has 3 nitrogen and oxygen atoms in total. The van der Waals surface area contributed by atoms with Gasteiger partial charge in [0.1, 0.15) is 6.04 Å². The summed E-state index contributed by atoms with van der Waals surface area (Å²) in [4.78, 5) is 17.0. The lowest BCUT2D eigenvalue weighted by molar-refractivity contribution is -0.145. The largest absolute Gasteiger partial charge is 0.297 e. The highest BCUT2D eigenvalue weighted by molar-refractivity contribution is 5.87. The van der Waals surface area contributed by atoms with E-state index in [-0.39, 0.29) is 11.8 Å². The van der Waals surface area contributed by atoms with Crippen molar-refractivity contribution in [3.05, 3.63) is 23.9 Å². The number of hydroxylamine groups is 2. The van der Waals surface area contributed by atoms with Gasteiger partial charge in [0.25, 0.3) is 0 Å². The van der Waals surface area contributed by atoms with Crippen LogP contribution in [0.2, 0.25) is 0 Å². The summed E-state index contributed by atoms with van der Waals surface area (Å²) in [6, 6.07) is -0.160. The maximum Gasteiger partial charge on any atom is 0.161 e. The first-order chi connectivity index (χ1) is 6.83. The van der Waals surface area contributed by atoms with E-state index in [9.17, 15) is 4.79 Å². The van der Waals surface area contributed by atoms with Crippen LogP contribution < -0.4 is 0 Å². The first-order valence-electron chi connectivity index (χ1n) is 5.05. The van der Waals surface area contributed by atoms with Gasteiger partial charge in [-0.2, -0.15) is 0 Å². The molecule has 0 aromatic heterocycles. The number of nitrogens with zero attached hydrogens (tertiary/aromatic N) is 1. The predicted octanol–water partition coefficient (Wildman–Crippen LogP) is 1.82. The summed E-state index contributed by atoms with van der Waals surface area (Å²) in [5.74, 6) is 0.278. The molecule has 2 rings (SSSR count). The van der Waals surface area contributed by atoms with E-state index >= 15 is 0 Å². The van der Waals surface area contributed by atoms with E-state index in [0.29, 0.717) is 6.42 Å². The summed E-state index contributed by atoms with van der Waals surface area (Å²) in [6.45, 7) is 0. The molecule has 0 spiro atoms. The second kappa shape index (κ2) is 3.96. The zero-order chi connectivity index (χ0) is 9.97. The normalized spacial score (nSPS) is 26.9. The van der Waals surface area contributed by atoms with E-state index in [4.69, 9.17) is 4.84 Å². The zero-order valence-corrected chi connectivity index (χ0v) is 8.40. The summed E-state index contributed by atoms with van der Waals surface area (Å²) < 4.78 is 0. The van der Waals surface area contributed by atoms with E-state index in [1.807, 2.05) is 18.4 Å². The molecule has 0 aromatic carbocycles. The fourth-order valence-corrected chi connectivity index (χ4v) is 2.09. The Hall–Kier alpha value is -1.09. The van der Waals surface area contributed by atoms with Crippen molar-refractivity contribution in [2.24, 2.45) is 0 Å². The molecule has 1 heterocycles. The van der Waals surface area contributed by atoms with Gasteiger partial charge < -0.3 is 0 Å². The second-order valence-electron chi connectivity index (χ2n) is 3.70. The van der Waals surface area contributed by atoms with Crippen molar-refractivity contribution in [1.82, 2.24) is 5.06 Å². The van der Waals surface area contributed by atoms with Gasteiger partial charge in [0.2, 0.25) is 0 Å². The molecule has 0 radical (unpaired) electrons. The lowest BCUT2D eigenvalue weighted by Gasteiger charge is -2.30. The molecule has 1 atom stereocenters. The van der Waals surface area contributed by atoms with Crippen LogP contribution in [0.15, 0.2) is 23.9 Å². The number of fused-ring (bicyclic) bond motifs is 1. The highest BCUT2D eigenvalue weighted by atomic mass is 16.7. The Kier molecular flexibility index (Phi) is 2.68. The van der Waals surface area contributed by atoms with Gasteiger partial charge in [0.15, 0.2) is 5.78 Å². The Bertz CT molecular complexity index is 294. The van der Waals surface area contributed by atoms with Crippen LogP contribution in [0.5, 0.6) is 0 Å². The van der Waals surface area contributed by atoms with Crippen molar-refractivity contribution in [3.63, 3.8) is 0 Å². The molecule has 2 aliphatic rings. The zero-order valence-electron chi connectivity index (χ0n) is 8.40. The van der Waals surface area contributed by atoms with Crippen molar-refractivity contribution in [2.75, 3.05) is 7.11 Å². The Morgan fingerprint density at radius 1 is 1.43 bits per heavy atom. The smallest absolute Gasteiger partial charge is 0.161 e. The first-order valence-corrected chi connectivity index (χ1v) is 5.05. The molecule has 1 fully saturated rings. The van der Waals surface area contributed by atoms with Gasteiger partial charge >= 0.3 is 0 Å². The van der Waals surface area contributed by atoms with Crippen LogP contribution in [0.25, 0.3) is 0 Å². The van der Waals surface area contributed by atoms with E-state index in [1.165, 1.54) is 5.57 Å². The van der Waals surface area contributed by atoms with Gasteiger partial charge in [-0.25, -0.2) is 5.06 Å². The first kappa shape index (κ1) is 9.46. The average Bonchev–Trinajstić information content (AvgIpc) is 2.40. The number of rotatable bonds is 1. The number of ketones is 1. The van der Waals surface area contributed by atoms with Crippen molar-refractivity contribution < 1.29 is 9.63 Å². The summed E-state index contributed by atoms with van der Waals surface area (Å²) in [7, 11) is 1.60. The van der Waals surface area contributed by atoms with Gasteiger partial charge in [-0.05, 0) is 30.9 Å². The maximum atomic E-state index is 11.8. The van der Waals surface area contributed by atoms with E-state index in [1.54, 1.807) is 12.2 Å². The van der Waals surface area contributed by atoms with Crippen molar-refractivity contribution in [1.29, 1.82) is 0 Å². The van der Waals surface area contributed by atoms with Crippen molar-refractivity contribution in [2.45, 2.75) is 31.7 Å². The number of carbonyl (C=O) groups is 1. The number of carbonyl (C=O) groups excluding carboxylic acids is 1. The molecule has 0 saturated heterocycles. The fourth-order valence-electron chi connectivity index (χ4n) is 2.09. The topological polar surface area (TPSA) is 29.5 Å². The van der Waals surface area contributed by atoms with Crippen LogP contribution in [-0.2, 0) is 9.63 Å². The lowest BCUT2D eigenvalue weighted by atomic mass is 9.99. The minimum absolute atomic E-state index is 0.160. The molecular weight excluding hydrogens is 178 g/mol. The molecule has 0 amide bonds.